The monoisotopic (exact) mass is 276 g/mol. The lowest BCUT2D eigenvalue weighted by molar-refractivity contribution is -0.198. The van der Waals surface area contributed by atoms with Crippen LogP contribution in [0.2, 0.25) is 0 Å². The lowest BCUT2D eigenvalue weighted by Gasteiger charge is -2.38. The number of alkyl halides is 3. The fraction of sp³-hybridized carbons (Fsp3) is 0.923. The summed E-state index contributed by atoms with van der Waals surface area (Å²) in [6, 6.07) is -0.488. The number of halogens is 3. The van der Waals surface area contributed by atoms with E-state index in [2.05, 4.69) is 19.2 Å². The van der Waals surface area contributed by atoms with Gasteiger partial charge in [0.1, 0.15) is 0 Å². The Hall–Kier alpha value is -0.940. The Labute approximate surface area is 110 Å². The largest absolute Gasteiger partial charge is 0.391 e. The van der Waals surface area contributed by atoms with E-state index >= 15 is 0 Å². The first-order valence-electron chi connectivity index (χ1n) is 6.81. The van der Waals surface area contributed by atoms with Crippen LogP contribution >= 0.6 is 0 Å². The number of carbonyl (C=O) groups is 1. The topological polar surface area (TPSA) is 32.3 Å². The predicted molar refractivity (Wildman–Crippen MR) is 63.4 cm³/mol. The Balaban J connectivity index is 1.43. The molecule has 3 fully saturated rings. The molecule has 2 aliphatic carbocycles. The molecular weight excluding hydrogens is 257 g/mol. The highest BCUT2D eigenvalue weighted by atomic mass is 19.4. The van der Waals surface area contributed by atoms with Crippen LogP contribution in [0.1, 0.15) is 26.7 Å². The normalized spacial score (nSPS) is 39.5. The van der Waals surface area contributed by atoms with E-state index in [1.807, 2.05) is 0 Å². The number of piperidine rings is 1. The number of nitrogens with one attached hydrogen (secondary N) is 1. The molecule has 108 valence electrons. The molecule has 2 atom stereocenters. The first-order valence-corrected chi connectivity index (χ1v) is 6.81. The van der Waals surface area contributed by atoms with Crippen molar-refractivity contribution in [2.75, 3.05) is 13.1 Å². The molecule has 3 nitrogen and oxygen atoms in total. The molecule has 0 radical (unpaired) electrons. The number of hydrogen-bond acceptors (Lipinski definition) is 1. The summed E-state index contributed by atoms with van der Waals surface area (Å²) in [5.41, 5.74) is 0.342. The molecule has 0 aromatic heterocycles. The summed E-state index contributed by atoms with van der Waals surface area (Å²) in [7, 11) is 0. The maximum absolute atomic E-state index is 12.3. The Morgan fingerprint density at radius 1 is 1.21 bits per heavy atom. The van der Waals surface area contributed by atoms with E-state index in [0.29, 0.717) is 17.3 Å². The van der Waals surface area contributed by atoms with Crippen molar-refractivity contribution in [1.82, 2.24) is 10.2 Å². The summed E-state index contributed by atoms with van der Waals surface area (Å²) in [6.45, 7) is 5.91. The summed E-state index contributed by atoms with van der Waals surface area (Å²) < 4.78 is 37.0. The molecule has 19 heavy (non-hydrogen) atoms. The van der Waals surface area contributed by atoms with Gasteiger partial charge in [-0.15, -0.1) is 0 Å². The number of hydrogen-bond donors (Lipinski definition) is 1. The first-order chi connectivity index (χ1) is 8.69. The van der Waals surface area contributed by atoms with E-state index in [-0.39, 0.29) is 24.9 Å². The van der Waals surface area contributed by atoms with Crippen molar-refractivity contribution in [3.05, 3.63) is 0 Å². The summed E-state index contributed by atoms with van der Waals surface area (Å²) >= 11 is 0. The molecular formula is C13H19F3N2O. The van der Waals surface area contributed by atoms with Crippen molar-refractivity contribution in [2.45, 2.75) is 38.9 Å². The number of urea groups is 1. The van der Waals surface area contributed by atoms with Crippen LogP contribution in [0.3, 0.4) is 0 Å². The zero-order chi connectivity index (χ0) is 14.0. The van der Waals surface area contributed by atoms with Crippen LogP contribution in [0.5, 0.6) is 0 Å². The molecule has 3 rings (SSSR count). The minimum absolute atomic E-state index is 0.0292. The minimum Gasteiger partial charge on any atom is -0.335 e. The van der Waals surface area contributed by atoms with E-state index in [9.17, 15) is 18.0 Å². The molecule has 6 heteroatoms. The third kappa shape index (κ3) is 2.09. The number of amides is 2. The van der Waals surface area contributed by atoms with Gasteiger partial charge in [0.15, 0.2) is 0 Å². The average molecular weight is 276 g/mol. The molecule has 1 aliphatic heterocycles. The fourth-order valence-electron chi connectivity index (χ4n) is 3.57. The zero-order valence-electron chi connectivity index (χ0n) is 11.1. The highest BCUT2D eigenvalue weighted by molar-refractivity contribution is 5.75. The Kier molecular flexibility index (Phi) is 2.61. The van der Waals surface area contributed by atoms with Gasteiger partial charge >= 0.3 is 12.2 Å². The van der Waals surface area contributed by atoms with Crippen LogP contribution in [0.4, 0.5) is 18.0 Å². The van der Waals surface area contributed by atoms with Crippen molar-refractivity contribution in [3.63, 3.8) is 0 Å². The summed E-state index contributed by atoms with van der Waals surface area (Å²) in [5, 5.41) is 2.72. The zero-order valence-corrected chi connectivity index (χ0v) is 11.1. The fourth-order valence-corrected chi connectivity index (χ4v) is 3.57. The van der Waals surface area contributed by atoms with Crippen molar-refractivity contribution < 1.29 is 18.0 Å². The molecule has 0 bridgehead atoms. The van der Waals surface area contributed by atoms with Gasteiger partial charge in [-0.1, -0.05) is 13.8 Å². The van der Waals surface area contributed by atoms with Gasteiger partial charge in [-0.25, -0.2) is 4.79 Å². The highest BCUT2D eigenvalue weighted by Crippen LogP contribution is 2.61. The Morgan fingerprint density at radius 3 is 2.21 bits per heavy atom. The molecule has 3 aliphatic rings. The van der Waals surface area contributed by atoms with Crippen molar-refractivity contribution in [2.24, 2.45) is 23.2 Å². The van der Waals surface area contributed by atoms with Crippen LogP contribution in [0.15, 0.2) is 0 Å². The molecule has 1 heterocycles. The number of rotatable bonds is 1. The summed E-state index contributed by atoms with van der Waals surface area (Å²) in [6.07, 6.45) is -4.05. The van der Waals surface area contributed by atoms with Crippen molar-refractivity contribution >= 4 is 6.03 Å². The van der Waals surface area contributed by atoms with Crippen LogP contribution in [0.25, 0.3) is 0 Å². The first kappa shape index (κ1) is 13.1. The second-order valence-electron chi connectivity index (χ2n) is 6.80. The van der Waals surface area contributed by atoms with E-state index in [1.54, 1.807) is 4.90 Å². The quantitative estimate of drug-likeness (QED) is 0.784. The van der Waals surface area contributed by atoms with Gasteiger partial charge in [0, 0.05) is 19.1 Å². The van der Waals surface area contributed by atoms with E-state index < -0.39 is 12.1 Å². The molecule has 0 aromatic rings. The molecule has 2 unspecified atom stereocenters. The smallest absolute Gasteiger partial charge is 0.335 e. The molecule has 0 spiro atoms. The van der Waals surface area contributed by atoms with E-state index in [4.69, 9.17) is 0 Å². The van der Waals surface area contributed by atoms with Gasteiger partial charge in [0.2, 0.25) is 0 Å². The van der Waals surface area contributed by atoms with Gasteiger partial charge in [-0.3, -0.25) is 0 Å². The maximum Gasteiger partial charge on any atom is 0.391 e. The molecule has 1 saturated heterocycles. The minimum atomic E-state index is -4.11. The van der Waals surface area contributed by atoms with Crippen molar-refractivity contribution in [1.29, 1.82) is 0 Å². The average Bonchev–Trinajstić information content (AvgIpc) is 2.64. The van der Waals surface area contributed by atoms with Crippen LogP contribution < -0.4 is 5.32 Å². The SMILES string of the molecule is CC1(C)C2CN(C(=O)NC3CC(C(F)(F)F)C3)CC21. The standard InChI is InChI=1S/C13H19F3N2O/c1-12(2)9-5-18(6-10(9)12)11(19)17-8-3-7(4-8)13(14,15)16/h7-10H,3-6H2,1-2H3,(H,17,19). The Morgan fingerprint density at radius 2 is 1.74 bits per heavy atom. The lowest BCUT2D eigenvalue weighted by Crippen LogP contribution is -2.52. The van der Waals surface area contributed by atoms with Crippen molar-refractivity contribution in [3.8, 4) is 0 Å². The number of carbonyl (C=O) groups excluding carboxylic acids is 1. The molecule has 0 aromatic carbocycles. The van der Waals surface area contributed by atoms with Gasteiger partial charge < -0.3 is 10.2 Å². The van der Waals surface area contributed by atoms with Gasteiger partial charge in [-0.05, 0) is 30.1 Å². The predicted octanol–water partition coefficient (Wildman–Crippen LogP) is 2.62. The second kappa shape index (κ2) is 3.79. The molecule has 2 amide bonds. The van der Waals surface area contributed by atoms with Gasteiger partial charge in [0.05, 0.1) is 5.92 Å². The highest BCUT2D eigenvalue weighted by Gasteiger charge is 2.62. The third-order valence-electron chi connectivity index (χ3n) is 5.34. The third-order valence-corrected chi connectivity index (χ3v) is 5.34. The van der Waals surface area contributed by atoms with E-state index in [0.717, 1.165) is 13.1 Å². The van der Waals surface area contributed by atoms with Crippen LogP contribution in [-0.4, -0.2) is 36.2 Å². The lowest BCUT2D eigenvalue weighted by atomic mass is 9.80. The van der Waals surface area contributed by atoms with E-state index in [1.165, 1.54) is 0 Å². The second-order valence-corrected chi connectivity index (χ2v) is 6.80. The van der Waals surface area contributed by atoms with Gasteiger partial charge in [-0.2, -0.15) is 13.2 Å². The summed E-state index contributed by atoms with van der Waals surface area (Å²) in [5.74, 6) is -0.0890. The molecule has 1 N–H and O–H groups in total. The summed E-state index contributed by atoms with van der Waals surface area (Å²) in [4.78, 5) is 13.7. The number of nitrogens with zero attached hydrogens (tertiary/aromatic N) is 1. The van der Waals surface area contributed by atoms with Crippen LogP contribution in [0, 0.1) is 23.2 Å². The van der Waals surface area contributed by atoms with Gasteiger partial charge in [0.25, 0.3) is 0 Å². The number of fused-ring (bicyclic) bond motifs is 1. The maximum atomic E-state index is 12.3. The Bertz CT molecular complexity index is 387. The number of likely N-dealkylation sites (tertiary alicyclic amines) is 1. The van der Waals surface area contributed by atoms with Crippen LogP contribution in [-0.2, 0) is 0 Å². The molecule has 2 saturated carbocycles.